The third-order valence-corrected chi connectivity index (χ3v) is 3.06. The van der Waals surface area contributed by atoms with Gasteiger partial charge in [-0.15, -0.1) is 0 Å². The first-order valence-corrected chi connectivity index (χ1v) is 6.65. The van der Waals surface area contributed by atoms with E-state index < -0.39 is 0 Å². The van der Waals surface area contributed by atoms with Crippen LogP contribution in [-0.4, -0.2) is 0 Å². The van der Waals surface area contributed by atoms with E-state index in [4.69, 9.17) is 0 Å². The van der Waals surface area contributed by atoms with E-state index >= 15 is 0 Å². The van der Waals surface area contributed by atoms with Gasteiger partial charge in [-0.3, -0.25) is 0 Å². The topological polar surface area (TPSA) is 0 Å². The molecule has 2 aromatic rings. The Kier molecular flexibility index (Phi) is 7.04. The monoisotopic (exact) mass is 290 g/mol. The van der Waals surface area contributed by atoms with Crippen LogP contribution in [0, 0.1) is 0 Å². The van der Waals surface area contributed by atoms with Crippen LogP contribution in [0.1, 0.15) is 52.7 Å². The molecule has 100 valence electrons. The van der Waals surface area contributed by atoms with E-state index in [-0.39, 0.29) is 21.7 Å². The Bertz CT molecular complexity index is 375. The van der Waals surface area contributed by atoms with E-state index in [0.717, 1.165) is 0 Å². The standard InChI is InChI=1S/2C9H13.Ti/c2*1-9(2,3)8-6-4-5-7-8;/h2*4-7H,1-3H3;/q2*-1;+4. The second kappa shape index (κ2) is 7.26. The Morgan fingerprint density at radius 3 is 0.842 bits per heavy atom. The molecule has 0 aliphatic rings. The smallest absolute Gasteiger partial charge is 0.213 e. The third-order valence-electron chi connectivity index (χ3n) is 3.06. The van der Waals surface area contributed by atoms with Crippen molar-refractivity contribution >= 4 is 0 Å². The first-order valence-electron chi connectivity index (χ1n) is 6.65. The molecule has 0 unspecified atom stereocenters. The van der Waals surface area contributed by atoms with Crippen LogP contribution in [-0.2, 0) is 32.5 Å². The van der Waals surface area contributed by atoms with E-state index in [1.165, 1.54) is 11.1 Å². The molecule has 0 saturated heterocycles. The molecule has 0 aliphatic carbocycles. The van der Waals surface area contributed by atoms with Gasteiger partial charge in [-0.05, 0) is 0 Å². The normalized spacial score (nSPS) is 11.3. The van der Waals surface area contributed by atoms with Gasteiger partial charge in [0.1, 0.15) is 0 Å². The molecule has 0 amide bonds. The van der Waals surface area contributed by atoms with Crippen molar-refractivity contribution in [2.24, 2.45) is 0 Å². The Morgan fingerprint density at radius 2 is 0.737 bits per heavy atom. The maximum Gasteiger partial charge on any atom is 4.00 e. The number of rotatable bonds is 0. The van der Waals surface area contributed by atoms with Gasteiger partial charge >= 0.3 is 21.7 Å². The fourth-order valence-electron chi connectivity index (χ4n) is 1.75. The molecule has 19 heavy (non-hydrogen) atoms. The van der Waals surface area contributed by atoms with E-state index in [1.54, 1.807) is 0 Å². The second-order valence-corrected chi connectivity index (χ2v) is 6.85. The Morgan fingerprint density at radius 1 is 0.526 bits per heavy atom. The summed E-state index contributed by atoms with van der Waals surface area (Å²) < 4.78 is 0. The minimum Gasteiger partial charge on any atom is -0.213 e. The van der Waals surface area contributed by atoms with Gasteiger partial charge in [0.05, 0.1) is 0 Å². The zero-order valence-corrected chi connectivity index (χ0v) is 14.7. The molecule has 0 spiro atoms. The molecular formula is C18H26Ti+2. The molecule has 0 heterocycles. The molecular weight excluding hydrogens is 264 g/mol. The molecule has 0 saturated carbocycles. The fraction of sp³-hybridized carbons (Fsp3) is 0.444. The Balaban J connectivity index is 0.000000324. The van der Waals surface area contributed by atoms with Gasteiger partial charge in [-0.25, -0.2) is 24.3 Å². The van der Waals surface area contributed by atoms with E-state index in [1.807, 2.05) is 0 Å². The fourth-order valence-corrected chi connectivity index (χ4v) is 1.75. The van der Waals surface area contributed by atoms with Gasteiger partial charge in [0.2, 0.25) is 0 Å². The van der Waals surface area contributed by atoms with E-state index in [9.17, 15) is 0 Å². The number of hydrogen-bond acceptors (Lipinski definition) is 0. The molecule has 0 fully saturated rings. The van der Waals surface area contributed by atoms with Gasteiger partial charge in [-0.2, -0.15) is 35.4 Å². The average Bonchev–Trinajstić information content (AvgIpc) is 2.91. The van der Waals surface area contributed by atoms with Gasteiger partial charge in [0.25, 0.3) is 0 Å². The first kappa shape index (κ1) is 18.4. The maximum absolute atomic E-state index is 2.22. The Labute approximate surface area is 133 Å². The van der Waals surface area contributed by atoms with Crippen LogP contribution in [0.2, 0.25) is 0 Å². The zero-order chi connectivity index (χ0) is 13.8. The summed E-state index contributed by atoms with van der Waals surface area (Å²) in [7, 11) is 0. The summed E-state index contributed by atoms with van der Waals surface area (Å²) in [6.07, 6.45) is 0. The van der Waals surface area contributed by atoms with Crippen molar-refractivity contribution in [1.29, 1.82) is 0 Å². The van der Waals surface area contributed by atoms with Crippen molar-refractivity contribution in [1.82, 2.24) is 0 Å². The molecule has 0 N–H and O–H groups in total. The largest absolute Gasteiger partial charge is 4.00 e. The zero-order valence-electron chi connectivity index (χ0n) is 13.1. The summed E-state index contributed by atoms with van der Waals surface area (Å²) in [4.78, 5) is 0. The molecule has 1 heteroatoms. The van der Waals surface area contributed by atoms with Crippen LogP contribution in [0.4, 0.5) is 0 Å². The summed E-state index contributed by atoms with van der Waals surface area (Å²) in [5.74, 6) is 0. The van der Waals surface area contributed by atoms with Crippen molar-refractivity contribution in [2.75, 3.05) is 0 Å². The van der Waals surface area contributed by atoms with Gasteiger partial charge in [-0.1, -0.05) is 52.4 Å². The van der Waals surface area contributed by atoms with Crippen LogP contribution in [0.5, 0.6) is 0 Å². The molecule has 0 bridgehead atoms. The van der Waals surface area contributed by atoms with Gasteiger partial charge < -0.3 is 0 Å². The Hall–Kier alpha value is -0.586. The second-order valence-electron chi connectivity index (χ2n) is 6.85. The molecule has 2 rings (SSSR count). The quantitative estimate of drug-likeness (QED) is 0.450. The van der Waals surface area contributed by atoms with Crippen LogP contribution >= 0.6 is 0 Å². The summed E-state index contributed by atoms with van der Waals surface area (Å²) in [6, 6.07) is 17.0. The SMILES string of the molecule is CC(C)(C)[c-]1cccc1.CC(C)(C)[c-]1cccc1.[Ti+4]. The summed E-state index contributed by atoms with van der Waals surface area (Å²) in [6.45, 7) is 13.3. The minimum absolute atomic E-state index is 0. The summed E-state index contributed by atoms with van der Waals surface area (Å²) in [5.41, 5.74) is 3.48. The molecule has 0 aliphatic heterocycles. The maximum atomic E-state index is 2.22. The average molecular weight is 290 g/mol. The van der Waals surface area contributed by atoms with Crippen molar-refractivity contribution in [3.8, 4) is 0 Å². The third kappa shape index (κ3) is 6.41. The molecule has 0 aromatic heterocycles. The van der Waals surface area contributed by atoms with Crippen LogP contribution in [0.25, 0.3) is 0 Å². The van der Waals surface area contributed by atoms with Gasteiger partial charge in [0.15, 0.2) is 0 Å². The predicted molar refractivity (Wildman–Crippen MR) is 81.5 cm³/mol. The molecule has 0 atom stereocenters. The van der Waals surface area contributed by atoms with Crippen molar-refractivity contribution < 1.29 is 21.7 Å². The minimum atomic E-state index is 0. The van der Waals surface area contributed by atoms with Gasteiger partial charge in [0, 0.05) is 0 Å². The van der Waals surface area contributed by atoms with Crippen LogP contribution < -0.4 is 0 Å². The summed E-state index contributed by atoms with van der Waals surface area (Å²) in [5, 5.41) is 0. The predicted octanol–water partition coefficient (Wildman–Crippen LogP) is 5.40. The van der Waals surface area contributed by atoms with Crippen molar-refractivity contribution in [2.45, 2.75) is 52.4 Å². The molecule has 0 radical (unpaired) electrons. The van der Waals surface area contributed by atoms with Crippen LogP contribution in [0.15, 0.2) is 48.5 Å². The van der Waals surface area contributed by atoms with E-state index in [0.29, 0.717) is 10.8 Å². The number of hydrogen-bond donors (Lipinski definition) is 0. The molecule has 0 nitrogen and oxygen atoms in total. The molecule has 2 aromatic carbocycles. The van der Waals surface area contributed by atoms with E-state index in [2.05, 4.69) is 90.1 Å². The van der Waals surface area contributed by atoms with Crippen molar-refractivity contribution in [3.63, 3.8) is 0 Å². The van der Waals surface area contributed by atoms with Crippen LogP contribution in [0.3, 0.4) is 0 Å². The first-order chi connectivity index (χ1) is 8.21. The summed E-state index contributed by atoms with van der Waals surface area (Å²) >= 11 is 0. The van der Waals surface area contributed by atoms with Crippen molar-refractivity contribution in [3.05, 3.63) is 59.7 Å².